The minimum atomic E-state index is -3.74. The fourth-order valence-electron chi connectivity index (χ4n) is 2.46. The molecule has 138 valence electrons. The van der Waals surface area contributed by atoms with Crippen molar-refractivity contribution in [1.82, 2.24) is 9.29 Å². The van der Waals surface area contributed by atoms with Gasteiger partial charge in [-0.15, -0.1) is 11.3 Å². The second-order valence-electron chi connectivity index (χ2n) is 5.88. The highest BCUT2D eigenvalue weighted by atomic mass is 35.5. The van der Waals surface area contributed by atoms with Crippen LogP contribution in [-0.2, 0) is 10.0 Å². The van der Waals surface area contributed by atoms with Gasteiger partial charge in [-0.3, -0.25) is 4.79 Å². The number of hydrogen-bond donors (Lipinski definition) is 0. The summed E-state index contributed by atoms with van der Waals surface area (Å²) in [5.41, 5.74) is 0.672. The average molecular weight is 420 g/mol. The van der Waals surface area contributed by atoms with Crippen LogP contribution in [0, 0.1) is 11.3 Å². The SMILES string of the molecule is CN(C)S(=O)(=O)c1ccc(Cl)c(C(=O)[C@@H](C#N)c2nc3ccccc3s2)c1. The molecule has 1 atom stereocenters. The Morgan fingerprint density at radius 1 is 1.26 bits per heavy atom. The van der Waals surface area contributed by atoms with E-state index in [-0.39, 0.29) is 15.5 Å². The second kappa shape index (κ2) is 7.37. The summed E-state index contributed by atoms with van der Waals surface area (Å²) >= 11 is 7.38. The molecule has 9 heteroatoms. The number of para-hydroxylation sites is 1. The molecule has 0 bridgehead atoms. The van der Waals surface area contributed by atoms with Crippen LogP contribution < -0.4 is 0 Å². The number of thiazole rings is 1. The topological polar surface area (TPSA) is 91.1 Å². The summed E-state index contributed by atoms with van der Waals surface area (Å²) in [4.78, 5) is 17.3. The number of carbonyl (C=O) groups excluding carboxylic acids is 1. The van der Waals surface area contributed by atoms with E-state index in [9.17, 15) is 18.5 Å². The van der Waals surface area contributed by atoms with Gasteiger partial charge >= 0.3 is 0 Å². The number of hydrogen-bond acceptors (Lipinski definition) is 6. The van der Waals surface area contributed by atoms with Crippen LogP contribution in [0.3, 0.4) is 0 Å². The third-order valence-corrected chi connectivity index (χ3v) is 7.17. The van der Waals surface area contributed by atoms with Gasteiger partial charge in [-0.25, -0.2) is 17.7 Å². The number of carbonyl (C=O) groups is 1. The molecule has 0 unspecified atom stereocenters. The molecule has 0 radical (unpaired) electrons. The summed E-state index contributed by atoms with van der Waals surface area (Å²) in [6, 6.07) is 13.2. The lowest BCUT2D eigenvalue weighted by Gasteiger charge is -2.13. The Balaban J connectivity index is 2.07. The standard InChI is InChI=1S/C18H14ClN3O3S2/c1-22(2)27(24,25)11-7-8-14(19)12(9-11)17(23)13(10-20)18-21-15-5-3-4-6-16(15)26-18/h3-9,13H,1-2H3/t13-/m1/s1. The van der Waals surface area contributed by atoms with Crippen molar-refractivity contribution >= 4 is 49.0 Å². The highest BCUT2D eigenvalue weighted by molar-refractivity contribution is 7.89. The third-order valence-electron chi connectivity index (χ3n) is 3.93. The molecule has 0 amide bonds. The maximum Gasteiger partial charge on any atom is 0.242 e. The highest BCUT2D eigenvalue weighted by Crippen LogP contribution is 2.32. The molecule has 0 aliphatic carbocycles. The molecule has 0 saturated heterocycles. The number of benzene rings is 2. The van der Waals surface area contributed by atoms with Crippen LogP contribution in [-0.4, -0.2) is 37.6 Å². The first-order chi connectivity index (χ1) is 12.8. The van der Waals surface area contributed by atoms with Crippen molar-refractivity contribution in [2.75, 3.05) is 14.1 Å². The van der Waals surface area contributed by atoms with E-state index in [4.69, 9.17) is 11.6 Å². The van der Waals surface area contributed by atoms with Crippen LogP contribution >= 0.6 is 22.9 Å². The molecule has 0 aliphatic rings. The van der Waals surface area contributed by atoms with Gasteiger partial charge in [-0.05, 0) is 30.3 Å². The fourth-order valence-corrected chi connectivity index (χ4v) is 4.61. The number of sulfonamides is 1. The van der Waals surface area contributed by atoms with Crippen molar-refractivity contribution in [1.29, 1.82) is 5.26 Å². The third kappa shape index (κ3) is 3.59. The van der Waals surface area contributed by atoms with Crippen LogP contribution in [0.2, 0.25) is 5.02 Å². The average Bonchev–Trinajstić information content (AvgIpc) is 3.05. The Labute approximate surface area is 165 Å². The Morgan fingerprint density at radius 3 is 2.59 bits per heavy atom. The summed E-state index contributed by atoms with van der Waals surface area (Å²) in [5, 5.41) is 10.0. The van der Waals surface area contributed by atoms with Crippen LogP contribution in [0.4, 0.5) is 0 Å². The minimum absolute atomic E-state index is 0.0228. The molecular weight excluding hydrogens is 406 g/mol. The molecule has 1 aromatic heterocycles. The summed E-state index contributed by atoms with van der Waals surface area (Å²) in [6.45, 7) is 0. The van der Waals surface area contributed by atoms with E-state index >= 15 is 0 Å². The molecule has 1 heterocycles. The van der Waals surface area contributed by atoms with Crippen LogP contribution in [0.15, 0.2) is 47.4 Å². The van der Waals surface area contributed by atoms with Crippen molar-refractivity contribution < 1.29 is 13.2 Å². The van der Waals surface area contributed by atoms with Crippen molar-refractivity contribution in [2.45, 2.75) is 10.8 Å². The molecule has 3 aromatic rings. The van der Waals surface area contributed by atoms with E-state index in [0.29, 0.717) is 10.5 Å². The molecule has 0 aliphatic heterocycles. The van der Waals surface area contributed by atoms with Gasteiger partial charge in [0.25, 0.3) is 0 Å². The lowest BCUT2D eigenvalue weighted by molar-refractivity contribution is 0.0979. The molecule has 0 saturated carbocycles. The summed E-state index contributed by atoms with van der Waals surface area (Å²) < 4.78 is 26.6. The van der Waals surface area contributed by atoms with E-state index < -0.39 is 21.7 Å². The first-order valence-corrected chi connectivity index (χ1v) is 10.4. The largest absolute Gasteiger partial charge is 0.292 e. The Kier molecular flexibility index (Phi) is 5.31. The van der Waals surface area contributed by atoms with Gasteiger partial charge in [0, 0.05) is 19.7 Å². The molecule has 6 nitrogen and oxygen atoms in total. The predicted octanol–water partition coefficient (Wildman–Crippen LogP) is 3.69. The van der Waals surface area contributed by atoms with Crippen LogP contribution in [0.5, 0.6) is 0 Å². The fraction of sp³-hybridized carbons (Fsp3) is 0.167. The van der Waals surface area contributed by atoms with Gasteiger partial charge in [0.15, 0.2) is 11.7 Å². The van der Waals surface area contributed by atoms with Crippen molar-refractivity contribution in [3.63, 3.8) is 0 Å². The van der Waals surface area contributed by atoms with Crippen LogP contribution in [0.25, 0.3) is 10.2 Å². The number of aromatic nitrogens is 1. The summed E-state index contributed by atoms with van der Waals surface area (Å²) in [7, 11) is -0.954. The Hall–Kier alpha value is -2.31. The zero-order chi connectivity index (χ0) is 19.8. The van der Waals surface area contributed by atoms with Gasteiger partial charge in [0.2, 0.25) is 10.0 Å². The highest BCUT2D eigenvalue weighted by Gasteiger charge is 2.28. The number of halogens is 1. The maximum absolute atomic E-state index is 13.0. The van der Waals surface area contributed by atoms with E-state index in [0.717, 1.165) is 9.01 Å². The van der Waals surface area contributed by atoms with Crippen molar-refractivity contribution in [3.8, 4) is 6.07 Å². The molecule has 0 N–H and O–H groups in total. The lowest BCUT2D eigenvalue weighted by Crippen LogP contribution is -2.22. The van der Waals surface area contributed by atoms with Crippen molar-refractivity contribution in [3.05, 3.63) is 58.1 Å². The molecular formula is C18H14ClN3O3S2. The number of nitriles is 1. The van der Waals surface area contributed by atoms with Gasteiger partial charge in [0.1, 0.15) is 5.01 Å². The van der Waals surface area contributed by atoms with Crippen molar-refractivity contribution in [2.24, 2.45) is 0 Å². The molecule has 0 spiro atoms. The smallest absolute Gasteiger partial charge is 0.242 e. The van der Waals surface area contributed by atoms with E-state index in [1.54, 1.807) is 6.07 Å². The van der Waals surface area contributed by atoms with Gasteiger partial charge in [-0.1, -0.05) is 23.7 Å². The Morgan fingerprint density at radius 2 is 1.96 bits per heavy atom. The molecule has 0 fully saturated rings. The number of Topliss-reactive ketones (excluding diaryl/α,β-unsaturated/α-hetero) is 1. The first kappa shape index (κ1) is 19.5. The zero-order valence-electron chi connectivity index (χ0n) is 14.4. The normalized spacial score (nSPS) is 12.9. The quantitative estimate of drug-likeness (QED) is 0.588. The summed E-state index contributed by atoms with van der Waals surface area (Å²) in [5.74, 6) is -1.76. The van der Waals surface area contributed by atoms with Crippen LogP contribution in [0.1, 0.15) is 21.3 Å². The zero-order valence-corrected chi connectivity index (χ0v) is 16.8. The second-order valence-corrected chi connectivity index (χ2v) is 9.50. The number of rotatable bonds is 5. The first-order valence-electron chi connectivity index (χ1n) is 7.77. The number of fused-ring (bicyclic) bond motifs is 1. The summed E-state index contributed by atoms with van der Waals surface area (Å²) in [6.07, 6.45) is 0. The lowest BCUT2D eigenvalue weighted by atomic mass is 9.99. The van der Waals surface area contributed by atoms with E-state index in [2.05, 4.69) is 4.98 Å². The van der Waals surface area contributed by atoms with Gasteiger partial charge < -0.3 is 0 Å². The minimum Gasteiger partial charge on any atom is -0.292 e. The Bertz CT molecular complexity index is 1150. The van der Waals surface area contributed by atoms with Gasteiger partial charge in [-0.2, -0.15) is 5.26 Å². The number of ketones is 1. The maximum atomic E-state index is 13.0. The molecule has 2 aromatic carbocycles. The molecule has 27 heavy (non-hydrogen) atoms. The van der Waals surface area contributed by atoms with Gasteiger partial charge in [0.05, 0.1) is 26.2 Å². The van der Waals surface area contributed by atoms with E-state index in [1.165, 1.54) is 43.6 Å². The molecule has 3 rings (SSSR count). The monoisotopic (exact) mass is 419 g/mol. The predicted molar refractivity (Wildman–Crippen MR) is 105 cm³/mol. The van der Waals surface area contributed by atoms with E-state index in [1.807, 2.05) is 24.3 Å². The number of nitrogens with zero attached hydrogens (tertiary/aromatic N) is 3.